The van der Waals surface area contributed by atoms with Gasteiger partial charge in [-0.1, -0.05) is 36.4 Å². The molecule has 0 spiro atoms. The molecule has 14 heavy (non-hydrogen) atoms. The molecule has 1 atom stereocenters. The lowest BCUT2D eigenvalue weighted by molar-refractivity contribution is -0.151. The number of carbonyl (C=O) groups is 1. The number of aliphatic hydroxyl groups excluding tert-OH is 1. The predicted molar refractivity (Wildman–Crippen MR) is 54.8 cm³/mol. The smallest absolute Gasteiger partial charge is 0.334 e. The van der Waals surface area contributed by atoms with Crippen molar-refractivity contribution in [1.82, 2.24) is 0 Å². The van der Waals surface area contributed by atoms with Gasteiger partial charge in [0.15, 0.2) is 0 Å². The molecule has 3 heteroatoms. The Morgan fingerprint density at radius 3 is 1.71 bits per heavy atom. The summed E-state index contributed by atoms with van der Waals surface area (Å²) in [6.07, 6.45) is -0.991. The minimum Gasteiger partial charge on any atom is -0.464 e. The van der Waals surface area contributed by atoms with Crippen molar-refractivity contribution < 1.29 is 14.6 Å². The SMILES string of the molecule is CCOC(=O)C(C)O.c1ccccc1. The molecule has 0 radical (unpaired) electrons. The van der Waals surface area contributed by atoms with E-state index in [9.17, 15) is 4.79 Å². The zero-order valence-corrected chi connectivity index (χ0v) is 8.51. The maximum absolute atomic E-state index is 10.3. The molecule has 0 heterocycles. The summed E-state index contributed by atoms with van der Waals surface area (Å²) < 4.78 is 4.41. The van der Waals surface area contributed by atoms with Crippen molar-refractivity contribution in [2.24, 2.45) is 0 Å². The van der Waals surface area contributed by atoms with Gasteiger partial charge in [0.25, 0.3) is 0 Å². The Labute approximate surface area is 84.3 Å². The zero-order chi connectivity index (χ0) is 10.8. The Hall–Kier alpha value is -1.35. The normalized spacial score (nSPS) is 10.8. The van der Waals surface area contributed by atoms with Crippen LogP contribution in [0.5, 0.6) is 0 Å². The molecule has 1 rings (SSSR count). The first-order valence-corrected chi connectivity index (χ1v) is 4.53. The van der Waals surface area contributed by atoms with Gasteiger partial charge in [0, 0.05) is 0 Å². The molecule has 3 nitrogen and oxygen atoms in total. The molecule has 1 unspecified atom stereocenters. The molecule has 0 saturated heterocycles. The number of ether oxygens (including phenoxy) is 1. The van der Waals surface area contributed by atoms with E-state index in [1.54, 1.807) is 6.92 Å². The molecule has 0 fully saturated rings. The highest BCUT2D eigenvalue weighted by molar-refractivity contribution is 5.73. The Morgan fingerprint density at radius 1 is 1.21 bits per heavy atom. The van der Waals surface area contributed by atoms with Crippen LogP contribution in [0.2, 0.25) is 0 Å². The van der Waals surface area contributed by atoms with Gasteiger partial charge in [0.1, 0.15) is 6.10 Å². The van der Waals surface area contributed by atoms with Crippen molar-refractivity contribution >= 4 is 5.97 Å². The molecule has 0 aliphatic carbocycles. The quantitative estimate of drug-likeness (QED) is 0.731. The van der Waals surface area contributed by atoms with Gasteiger partial charge >= 0.3 is 5.97 Å². The maximum atomic E-state index is 10.3. The van der Waals surface area contributed by atoms with E-state index in [0.29, 0.717) is 6.61 Å². The lowest BCUT2D eigenvalue weighted by Gasteiger charge is -2.01. The van der Waals surface area contributed by atoms with E-state index in [2.05, 4.69) is 4.74 Å². The number of esters is 1. The van der Waals surface area contributed by atoms with E-state index in [0.717, 1.165) is 0 Å². The van der Waals surface area contributed by atoms with Crippen LogP contribution in [0.4, 0.5) is 0 Å². The second-order valence-corrected chi connectivity index (χ2v) is 2.58. The Balaban J connectivity index is 0.000000249. The molecule has 0 saturated carbocycles. The van der Waals surface area contributed by atoms with Crippen molar-refractivity contribution in [3.63, 3.8) is 0 Å². The second-order valence-electron chi connectivity index (χ2n) is 2.58. The minimum atomic E-state index is -0.991. The fourth-order valence-corrected chi connectivity index (χ4v) is 0.648. The van der Waals surface area contributed by atoms with Crippen LogP contribution in [0.25, 0.3) is 0 Å². The van der Waals surface area contributed by atoms with Crippen LogP contribution in [-0.2, 0) is 9.53 Å². The van der Waals surface area contributed by atoms with E-state index in [1.807, 2.05) is 36.4 Å². The number of carbonyl (C=O) groups excluding carboxylic acids is 1. The monoisotopic (exact) mass is 196 g/mol. The summed E-state index contributed by atoms with van der Waals surface area (Å²) in [4.78, 5) is 10.3. The van der Waals surface area contributed by atoms with Gasteiger partial charge < -0.3 is 9.84 Å². The van der Waals surface area contributed by atoms with Crippen molar-refractivity contribution in [3.8, 4) is 0 Å². The van der Waals surface area contributed by atoms with Crippen LogP contribution < -0.4 is 0 Å². The van der Waals surface area contributed by atoms with Crippen LogP contribution in [0.15, 0.2) is 36.4 Å². The van der Waals surface area contributed by atoms with Crippen molar-refractivity contribution in [2.75, 3.05) is 6.61 Å². The Bertz CT molecular complexity index is 205. The molecule has 0 aliphatic rings. The third-order valence-electron chi connectivity index (χ3n) is 1.29. The maximum Gasteiger partial charge on any atom is 0.334 e. The van der Waals surface area contributed by atoms with Gasteiger partial charge in [-0.3, -0.25) is 0 Å². The van der Waals surface area contributed by atoms with E-state index in [4.69, 9.17) is 5.11 Å². The summed E-state index contributed by atoms with van der Waals surface area (Å²) in [7, 11) is 0. The molecular formula is C11H16O3. The van der Waals surface area contributed by atoms with E-state index < -0.39 is 12.1 Å². The first-order valence-electron chi connectivity index (χ1n) is 4.53. The summed E-state index contributed by atoms with van der Waals surface area (Å²) in [5.74, 6) is -0.562. The van der Waals surface area contributed by atoms with Gasteiger partial charge in [-0.25, -0.2) is 4.79 Å². The Kier molecular flexibility index (Phi) is 7.46. The van der Waals surface area contributed by atoms with Gasteiger partial charge in [-0.05, 0) is 13.8 Å². The topological polar surface area (TPSA) is 46.5 Å². The molecular weight excluding hydrogens is 180 g/mol. The van der Waals surface area contributed by atoms with Crippen molar-refractivity contribution in [2.45, 2.75) is 20.0 Å². The molecule has 1 aromatic carbocycles. The Morgan fingerprint density at radius 2 is 1.57 bits per heavy atom. The fourth-order valence-electron chi connectivity index (χ4n) is 0.648. The standard InChI is InChI=1S/C6H6.C5H10O3/c1-2-4-6-5-3-1;1-3-8-5(7)4(2)6/h1-6H;4,6H,3H2,1-2H3. The average molecular weight is 196 g/mol. The number of benzene rings is 1. The third kappa shape index (κ3) is 7.31. The number of hydrogen-bond donors (Lipinski definition) is 1. The highest BCUT2D eigenvalue weighted by Crippen LogP contribution is 1.84. The van der Waals surface area contributed by atoms with E-state index in [1.165, 1.54) is 6.92 Å². The highest BCUT2D eigenvalue weighted by Gasteiger charge is 2.07. The van der Waals surface area contributed by atoms with Gasteiger partial charge in [0.2, 0.25) is 0 Å². The summed E-state index contributed by atoms with van der Waals surface area (Å²) in [6, 6.07) is 12.0. The molecule has 1 N–H and O–H groups in total. The summed E-state index contributed by atoms with van der Waals surface area (Å²) in [5.41, 5.74) is 0. The van der Waals surface area contributed by atoms with Gasteiger partial charge in [-0.2, -0.15) is 0 Å². The van der Waals surface area contributed by atoms with E-state index >= 15 is 0 Å². The summed E-state index contributed by atoms with van der Waals surface area (Å²) in [5, 5.41) is 8.48. The number of rotatable bonds is 2. The molecule has 0 aliphatic heterocycles. The fraction of sp³-hybridized carbons (Fsp3) is 0.364. The van der Waals surface area contributed by atoms with Gasteiger partial charge in [-0.15, -0.1) is 0 Å². The molecule has 0 bridgehead atoms. The van der Waals surface area contributed by atoms with Crippen LogP contribution >= 0.6 is 0 Å². The first kappa shape index (κ1) is 12.7. The lowest BCUT2D eigenvalue weighted by Crippen LogP contribution is -2.18. The lowest BCUT2D eigenvalue weighted by atomic mass is 10.4. The molecule has 0 amide bonds. The predicted octanol–water partition coefficient (Wildman–Crippen LogP) is 1.62. The van der Waals surface area contributed by atoms with Crippen LogP contribution in [-0.4, -0.2) is 23.8 Å². The van der Waals surface area contributed by atoms with Crippen LogP contribution in [0.3, 0.4) is 0 Å². The molecule has 1 aromatic rings. The largest absolute Gasteiger partial charge is 0.464 e. The number of aliphatic hydroxyl groups is 1. The third-order valence-corrected chi connectivity index (χ3v) is 1.29. The van der Waals surface area contributed by atoms with E-state index in [-0.39, 0.29) is 0 Å². The van der Waals surface area contributed by atoms with Crippen LogP contribution in [0, 0.1) is 0 Å². The minimum absolute atomic E-state index is 0.323. The van der Waals surface area contributed by atoms with Crippen molar-refractivity contribution in [3.05, 3.63) is 36.4 Å². The molecule has 78 valence electrons. The van der Waals surface area contributed by atoms with Crippen molar-refractivity contribution in [1.29, 1.82) is 0 Å². The summed E-state index contributed by atoms with van der Waals surface area (Å²) >= 11 is 0. The van der Waals surface area contributed by atoms with Crippen LogP contribution in [0.1, 0.15) is 13.8 Å². The first-order chi connectivity index (χ1) is 6.68. The number of hydrogen-bond acceptors (Lipinski definition) is 3. The average Bonchev–Trinajstić information content (AvgIpc) is 2.21. The second kappa shape index (κ2) is 8.26. The zero-order valence-electron chi connectivity index (χ0n) is 8.51. The molecule has 0 aromatic heterocycles. The highest BCUT2D eigenvalue weighted by atomic mass is 16.5. The van der Waals surface area contributed by atoms with Gasteiger partial charge in [0.05, 0.1) is 6.61 Å². The summed E-state index contributed by atoms with van der Waals surface area (Å²) in [6.45, 7) is 3.39.